The van der Waals surface area contributed by atoms with Gasteiger partial charge in [0.15, 0.2) is 0 Å². The van der Waals surface area contributed by atoms with Gasteiger partial charge in [0, 0.05) is 26.1 Å². The molecule has 25 heavy (non-hydrogen) atoms. The molecule has 3 rings (SSSR count). The molecule has 4 nitrogen and oxygen atoms in total. The van der Waals surface area contributed by atoms with Gasteiger partial charge in [-0.25, -0.2) is 0 Å². The molecule has 0 aromatic heterocycles. The van der Waals surface area contributed by atoms with Crippen LogP contribution < -0.4 is 4.74 Å². The normalized spacial score (nSPS) is 18.2. The highest BCUT2D eigenvalue weighted by atomic mass is 16.5. The van der Waals surface area contributed by atoms with Crippen LogP contribution in [-0.4, -0.2) is 49.5 Å². The molecule has 2 aromatic rings. The predicted molar refractivity (Wildman–Crippen MR) is 99.7 cm³/mol. The first-order valence-electron chi connectivity index (χ1n) is 8.84. The summed E-state index contributed by atoms with van der Waals surface area (Å²) in [6, 6.07) is 18.4. The summed E-state index contributed by atoms with van der Waals surface area (Å²) >= 11 is 0. The Morgan fingerprint density at radius 3 is 2.56 bits per heavy atom. The van der Waals surface area contributed by atoms with Gasteiger partial charge in [0.1, 0.15) is 5.75 Å². The van der Waals surface area contributed by atoms with Gasteiger partial charge in [-0.15, -0.1) is 0 Å². The first-order valence-corrected chi connectivity index (χ1v) is 8.84. The Morgan fingerprint density at radius 2 is 1.80 bits per heavy atom. The minimum absolute atomic E-state index is 0.130. The van der Waals surface area contributed by atoms with Crippen LogP contribution in [-0.2, 0) is 11.2 Å². The maximum absolute atomic E-state index is 12.9. The summed E-state index contributed by atoms with van der Waals surface area (Å²) < 4.78 is 5.40. The summed E-state index contributed by atoms with van der Waals surface area (Å²) in [5, 5.41) is 0. The zero-order chi connectivity index (χ0) is 17.6. The molecular weight excluding hydrogens is 312 g/mol. The number of hydrogen-bond acceptors (Lipinski definition) is 3. The van der Waals surface area contributed by atoms with Gasteiger partial charge in [0.05, 0.1) is 13.2 Å². The van der Waals surface area contributed by atoms with Crippen molar-refractivity contribution >= 4 is 5.91 Å². The number of benzene rings is 2. The van der Waals surface area contributed by atoms with Crippen molar-refractivity contribution in [2.24, 2.45) is 0 Å². The van der Waals surface area contributed by atoms with E-state index < -0.39 is 0 Å². The van der Waals surface area contributed by atoms with E-state index in [0.717, 1.165) is 30.9 Å². The van der Waals surface area contributed by atoms with E-state index in [1.54, 1.807) is 7.11 Å². The number of para-hydroxylation sites is 1. The van der Waals surface area contributed by atoms with Gasteiger partial charge in [-0.2, -0.15) is 0 Å². The molecule has 1 fully saturated rings. The van der Waals surface area contributed by atoms with Gasteiger partial charge in [0.25, 0.3) is 0 Å². The monoisotopic (exact) mass is 338 g/mol. The number of rotatable bonds is 5. The fourth-order valence-electron chi connectivity index (χ4n) is 3.47. The third-order valence-corrected chi connectivity index (χ3v) is 4.89. The first kappa shape index (κ1) is 17.5. The number of nitrogens with zero attached hydrogens (tertiary/aromatic N) is 2. The third kappa shape index (κ3) is 4.20. The lowest BCUT2D eigenvalue weighted by molar-refractivity contribution is -0.136. The zero-order valence-electron chi connectivity index (χ0n) is 15.0. The molecule has 1 amide bonds. The standard InChI is InChI=1S/C21H26N2O2/c1-22-14-15-23(19(16-22)17-8-4-3-5-9-17)21(24)13-12-18-10-6-7-11-20(18)25-2/h3-11,19H,12-16H2,1-2H3. The Morgan fingerprint density at radius 1 is 1.08 bits per heavy atom. The van der Waals surface area contributed by atoms with E-state index in [-0.39, 0.29) is 11.9 Å². The lowest BCUT2D eigenvalue weighted by Crippen LogP contribution is -2.49. The number of ether oxygens (including phenoxy) is 1. The number of likely N-dealkylation sites (N-methyl/N-ethyl adjacent to an activating group) is 1. The van der Waals surface area contributed by atoms with E-state index in [1.165, 1.54) is 5.56 Å². The summed E-state index contributed by atoms with van der Waals surface area (Å²) in [5.74, 6) is 1.07. The van der Waals surface area contributed by atoms with Crippen molar-refractivity contribution in [2.45, 2.75) is 18.9 Å². The topological polar surface area (TPSA) is 32.8 Å². The summed E-state index contributed by atoms with van der Waals surface area (Å²) in [6.45, 7) is 2.58. The van der Waals surface area contributed by atoms with Crippen LogP contribution in [0.5, 0.6) is 5.75 Å². The van der Waals surface area contributed by atoms with Crippen LogP contribution in [0.15, 0.2) is 54.6 Å². The quantitative estimate of drug-likeness (QED) is 0.840. The molecule has 1 saturated heterocycles. The Kier molecular flexibility index (Phi) is 5.71. The molecule has 132 valence electrons. The molecule has 4 heteroatoms. The minimum atomic E-state index is 0.130. The molecule has 1 heterocycles. The van der Waals surface area contributed by atoms with Gasteiger partial charge < -0.3 is 14.5 Å². The minimum Gasteiger partial charge on any atom is -0.496 e. The fraction of sp³-hybridized carbons (Fsp3) is 0.381. The maximum atomic E-state index is 12.9. The summed E-state index contributed by atoms with van der Waals surface area (Å²) in [6.07, 6.45) is 1.21. The highest BCUT2D eigenvalue weighted by molar-refractivity contribution is 5.77. The Labute approximate surface area is 150 Å². The number of carbonyl (C=O) groups excluding carboxylic acids is 1. The van der Waals surface area contributed by atoms with Crippen LogP contribution in [0.3, 0.4) is 0 Å². The molecular formula is C21H26N2O2. The Bertz CT molecular complexity index is 702. The maximum Gasteiger partial charge on any atom is 0.223 e. The molecule has 0 saturated carbocycles. The lowest BCUT2D eigenvalue weighted by Gasteiger charge is -2.40. The van der Waals surface area contributed by atoms with Crippen molar-refractivity contribution < 1.29 is 9.53 Å². The van der Waals surface area contributed by atoms with Gasteiger partial charge in [-0.1, -0.05) is 48.5 Å². The molecule has 0 aliphatic carbocycles. The number of piperazine rings is 1. The van der Waals surface area contributed by atoms with Crippen molar-refractivity contribution in [1.82, 2.24) is 9.80 Å². The first-order chi connectivity index (χ1) is 12.2. The molecule has 0 radical (unpaired) electrons. The molecule has 1 unspecified atom stereocenters. The highest BCUT2D eigenvalue weighted by Crippen LogP contribution is 2.26. The second-order valence-electron chi connectivity index (χ2n) is 6.59. The largest absolute Gasteiger partial charge is 0.496 e. The molecule has 2 aromatic carbocycles. The predicted octanol–water partition coefficient (Wildman–Crippen LogP) is 3.14. The summed E-state index contributed by atoms with van der Waals surface area (Å²) in [4.78, 5) is 17.3. The van der Waals surface area contributed by atoms with E-state index in [9.17, 15) is 4.79 Å². The second kappa shape index (κ2) is 8.17. The SMILES string of the molecule is COc1ccccc1CCC(=O)N1CCN(C)CC1c1ccccc1. The van der Waals surface area contributed by atoms with Gasteiger partial charge in [-0.05, 0) is 30.7 Å². The van der Waals surface area contributed by atoms with E-state index in [1.807, 2.05) is 47.4 Å². The molecule has 0 N–H and O–H groups in total. The molecule has 1 aliphatic rings. The number of carbonyl (C=O) groups is 1. The highest BCUT2D eigenvalue weighted by Gasteiger charge is 2.29. The summed E-state index contributed by atoms with van der Waals surface area (Å²) in [5.41, 5.74) is 2.29. The van der Waals surface area contributed by atoms with Crippen molar-refractivity contribution in [2.75, 3.05) is 33.8 Å². The van der Waals surface area contributed by atoms with Crippen LogP contribution in [0.4, 0.5) is 0 Å². The average molecular weight is 338 g/mol. The van der Waals surface area contributed by atoms with Crippen LogP contribution in [0.2, 0.25) is 0 Å². The zero-order valence-corrected chi connectivity index (χ0v) is 15.0. The van der Waals surface area contributed by atoms with Crippen LogP contribution in [0.1, 0.15) is 23.6 Å². The van der Waals surface area contributed by atoms with Crippen molar-refractivity contribution in [3.05, 3.63) is 65.7 Å². The second-order valence-corrected chi connectivity index (χ2v) is 6.59. The van der Waals surface area contributed by atoms with Crippen LogP contribution in [0.25, 0.3) is 0 Å². The van der Waals surface area contributed by atoms with E-state index in [4.69, 9.17) is 4.74 Å². The van der Waals surface area contributed by atoms with Crippen LogP contribution >= 0.6 is 0 Å². The lowest BCUT2D eigenvalue weighted by atomic mass is 10.0. The third-order valence-electron chi connectivity index (χ3n) is 4.89. The van der Waals surface area contributed by atoms with E-state index in [2.05, 4.69) is 24.1 Å². The number of methoxy groups -OCH3 is 1. The number of hydrogen-bond donors (Lipinski definition) is 0. The summed E-state index contributed by atoms with van der Waals surface area (Å²) in [7, 11) is 3.79. The van der Waals surface area contributed by atoms with E-state index >= 15 is 0 Å². The van der Waals surface area contributed by atoms with Crippen LogP contribution in [0, 0.1) is 0 Å². The van der Waals surface area contributed by atoms with E-state index in [0.29, 0.717) is 12.8 Å². The van der Waals surface area contributed by atoms with Crippen molar-refractivity contribution in [3.63, 3.8) is 0 Å². The number of aryl methyl sites for hydroxylation is 1. The van der Waals surface area contributed by atoms with Crippen molar-refractivity contribution in [3.8, 4) is 5.75 Å². The van der Waals surface area contributed by atoms with Gasteiger partial charge >= 0.3 is 0 Å². The smallest absolute Gasteiger partial charge is 0.223 e. The van der Waals surface area contributed by atoms with Gasteiger partial charge in [0.2, 0.25) is 5.91 Å². The Balaban J connectivity index is 1.71. The molecule has 0 spiro atoms. The fourth-order valence-corrected chi connectivity index (χ4v) is 3.47. The molecule has 1 atom stereocenters. The number of amides is 1. The molecule has 1 aliphatic heterocycles. The molecule has 0 bridgehead atoms. The van der Waals surface area contributed by atoms with Gasteiger partial charge in [-0.3, -0.25) is 4.79 Å². The average Bonchev–Trinajstić information content (AvgIpc) is 2.67. The van der Waals surface area contributed by atoms with Crippen molar-refractivity contribution in [1.29, 1.82) is 0 Å². The Hall–Kier alpha value is -2.33.